The van der Waals surface area contributed by atoms with Gasteiger partial charge in [0.05, 0.1) is 24.2 Å². The Kier molecular flexibility index (Phi) is 3.61. The fraction of sp³-hybridized carbons (Fsp3) is 0.455. The van der Waals surface area contributed by atoms with E-state index in [0.717, 1.165) is 19.1 Å². The van der Waals surface area contributed by atoms with Gasteiger partial charge >= 0.3 is 0 Å². The van der Waals surface area contributed by atoms with Gasteiger partial charge in [-0.3, -0.25) is 9.52 Å². The molecule has 1 heterocycles. The monoisotopic (exact) mass is 285 g/mol. The third-order valence-corrected chi connectivity index (χ3v) is 3.03. The zero-order chi connectivity index (χ0) is 14.0. The van der Waals surface area contributed by atoms with Crippen molar-refractivity contribution in [1.82, 2.24) is 10.3 Å². The lowest BCUT2D eigenvalue weighted by Gasteiger charge is -2.12. The molecule has 1 aliphatic carbocycles. The van der Waals surface area contributed by atoms with Crippen LogP contribution < -0.4 is 14.8 Å². The number of pyridine rings is 1. The molecular weight excluding hydrogens is 270 g/mol. The average Bonchev–Trinajstić information content (AvgIpc) is 3.12. The zero-order valence-corrected chi connectivity index (χ0v) is 11.5. The highest BCUT2D eigenvalue weighted by Crippen LogP contribution is 2.32. The van der Waals surface area contributed by atoms with Gasteiger partial charge in [-0.05, 0) is 18.9 Å². The van der Waals surface area contributed by atoms with Crippen molar-refractivity contribution in [2.75, 3.05) is 18.0 Å². The fourth-order valence-electron chi connectivity index (χ4n) is 1.43. The molecule has 0 atom stereocenters. The molecule has 8 heteroatoms. The molecule has 0 radical (unpaired) electrons. The first-order valence-corrected chi connectivity index (χ1v) is 7.65. The minimum Gasteiger partial charge on any atom is -0.487 e. The predicted molar refractivity (Wildman–Crippen MR) is 69.7 cm³/mol. The number of hydrogen-bond donors (Lipinski definition) is 2. The van der Waals surface area contributed by atoms with E-state index in [1.54, 1.807) is 0 Å². The maximum absolute atomic E-state index is 11.5. The Balaban J connectivity index is 2.33. The van der Waals surface area contributed by atoms with Crippen molar-refractivity contribution in [2.24, 2.45) is 0 Å². The summed E-state index contributed by atoms with van der Waals surface area (Å²) in [6.45, 7) is 0. The van der Waals surface area contributed by atoms with E-state index < -0.39 is 15.9 Å². The van der Waals surface area contributed by atoms with Crippen LogP contribution >= 0.6 is 0 Å². The Morgan fingerprint density at radius 3 is 2.68 bits per heavy atom. The Bertz CT molecular complexity index is 596. The van der Waals surface area contributed by atoms with Gasteiger partial charge in [0.15, 0.2) is 5.75 Å². The summed E-state index contributed by atoms with van der Waals surface area (Å²) in [5.74, 6) is -0.0601. The van der Waals surface area contributed by atoms with E-state index >= 15 is 0 Å². The molecule has 1 aromatic heterocycles. The molecule has 0 spiro atoms. The SMILES string of the molecule is CNC(=O)c1cc(NS(C)(=O)=O)c(OC2CC2)cn1. The van der Waals surface area contributed by atoms with Crippen LogP contribution in [-0.4, -0.2) is 38.7 Å². The second-order valence-electron chi connectivity index (χ2n) is 4.34. The smallest absolute Gasteiger partial charge is 0.269 e. The Morgan fingerprint density at radius 2 is 2.16 bits per heavy atom. The van der Waals surface area contributed by atoms with E-state index in [-0.39, 0.29) is 17.5 Å². The summed E-state index contributed by atoms with van der Waals surface area (Å²) in [5.41, 5.74) is 0.347. The van der Waals surface area contributed by atoms with Gasteiger partial charge in [-0.1, -0.05) is 0 Å². The summed E-state index contributed by atoms with van der Waals surface area (Å²) in [5, 5.41) is 2.42. The standard InChI is InChI=1S/C11H15N3O4S/c1-12-11(15)9-5-8(14-19(2,16)17)10(6-13-9)18-7-3-4-7/h5-7H,3-4H2,1-2H3,(H,12,15)(H,13,14). The second-order valence-corrected chi connectivity index (χ2v) is 6.08. The van der Waals surface area contributed by atoms with Gasteiger partial charge in [0.1, 0.15) is 5.69 Å². The molecule has 0 bridgehead atoms. The Hall–Kier alpha value is -1.83. The molecule has 7 nitrogen and oxygen atoms in total. The lowest BCUT2D eigenvalue weighted by molar-refractivity contribution is 0.0958. The molecular formula is C11H15N3O4S. The van der Waals surface area contributed by atoms with Crippen LogP contribution in [0.4, 0.5) is 5.69 Å². The first-order chi connectivity index (χ1) is 8.89. The molecule has 2 rings (SSSR count). The van der Waals surface area contributed by atoms with E-state index in [0.29, 0.717) is 5.75 Å². The molecule has 1 aliphatic rings. The number of carbonyl (C=O) groups is 1. The largest absolute Gasteiger partial charge is 0.487 e. The molecule has 1 fully saturated rings. The van der Waals surface area contributed by atoms with Crippen molar-refractivity contribution in [2.45, 2.75) is 18.9 Å². The summed E-state index contributed by atoms with van der Waals surface area (Å²) < 4.78 is 30.5. The predicted octanol–water partition coefficient (Wildman–Crippen LogP) is 0.354. The molecule has 19 heavy (non-hydrogen) atoms. The number of amides is 1. The number of anilines is 1. The third-order valence-electron chi connectivity index (χ3n) is 2.44. The maximum Gasteiger partial charge on any atom is 0.269 e. The molecule has 1 amide bonds. The van der Waals surface area contributed by atoms with Crippen molar-refractivity contribution >= 4 is 21.6 Å². The number of ether oxygens (including phenoxy) is 1. The highest BCUT2D eigenvalue weighted by atomic mass is 32.2. The Morgan fingerprint density at radius 1 is 1.47 bits per heavy atom. The van der Waals surface area contributed by atoms with Gasteiger partial charge in [0, 0.05) is 7.05 Å². The molecule has 1 aromatic rings. The van der Waals surface area contributed by atoms with E-state index in [4.69, 9.17) is 4.74 Å². The van der Waals surface area contributed by atoms with Gasteiger partial charge in [0.2, 0.25) is 10.0 Å². The normalized spacial score (nSPS) is 14.8. The summed E-state index contributed by atoms with van der Waals surface area (Å²) in [6.07, 6.45) is 4.38. The van der Waals surface area contributed by atoms with Gasteiger partial charge < -0.3 is 10.1 Å². The summed E-state index contributed by atoms with van der Waals surface area (Å²) in [6, 6.07) is 1.36. The van der Waals surface area contributed by atoms with Crippen LogP contribution in [0.25, 0.3) is 0 Å². The topological polar surface area (TPSA) is 97.4 Å². The molecule has 1 saturated carbocycles. The van der Waals surface area contributed by atoms with Crippen molar-refractivity contribution in [3.05, 3.63) is 18.0 Å². The number of nitrogens with zero attached hydrogens (tertiary/aromatic N) is 1. The highest BCUT2D eigenvalue weighted by Gasteiger charge is 2.25. The number of sulfonamides is 1. The third kappa shape index (κ3) is 3.82. The molecule has 0 aliphatic heterocycles. The Labute approximate surface area is 111 Å². The van der Waals surface area contributed by atoms with Gasteiger partial charge in [0.25, 0.3) is 5.91 Å². The van der Waals surface area contributed by atoms with Crippen LogP contribution in [0, 0.1) is 0 Å². The molecule has 0 saturated heterocycles. The number of hydrogen-bond acceptors (Lipinski definition) is 5. The molecule has 0 aromatic carbocycles. The molecule has 0 unspecified atom stereocenters. The summed E-state index contributed by atoms with van der Waals surface area (Å²) in [4.78, 5) is 15.4. The lowest BCUT2D eigenvalue weighted by atomic mass is 10.3. The van der Waals surface area contributed by atoms with Gasteiger partial charge in [-0.2, -0.15) is 0 Å². The van der Waals surface area contributed by atoms with E-state index in [2.05, 4.69) is 15.0 Å². The minimum atomic E-state index is -3.45. The summed E-state index contributed by atoms with van der Waals surface area (Å²) in [7, 11) is -1.98. The van der Waals surface area contributed by atoms with Crippen LogP contribution in [0.3, 0.4) is 0 Å². The summed E-state index contributed by atoms with van der Waals surface area (Å²) >= 11 is 0. The average molecular weight is 285 g/mol. The van der Waals surface area contributed by atoms with Crippen molar-refractivity contribution < 1.29 is 17.9 Å². The molecule has 2 N–H and O–H groups in total. The highest BCUT2D eigenvalue weighted by molar-refractivity contribution is 7.92. The van der Waals surface area contributed by atoms with Crippen LogP contribution in [0.5, 0.6) is 5.75 Å². The molecule has 104 valence electrons. The maximum atomic E-state index is 11.5. The minimum absolute atomic E-state index is 0.104. The van der Waals surface area contributed by atoms with Gasteiger partial charge in [-0.25, -0.2) is 13.4 Å². The first kappa shape index (κ1) is 13.6. The fourth-order valence-corrected chi connectivity index (χ4v) is 1.99. The van der Waals surface area contributed by atoms with E-state index in [1.807, 2.05) is 0 Å². The quantitative estimate of drug-likeness (QED) is 0.813. The van der Waals surface area contributed by atoms with E-state index in [1.165, 1.54) is 19.3 Å². The van der Waals surface area contributed by atoms with Gasteiger partial charge in [-0.15, -0.1) is 0 Å². The van der Waals surface area contributed by atoms with Crippen LogP contribution in [0.2, 0.25) is 0 Å². The number of aromatic nitrogens is 1. The van der Waals surface area contributed by atoms with Crippen molar-refractivity contribution in [3.63, 3.8) is 0 Å². The number of rotatable bonds is 5. The van der Waals surface area contributed by atoms with Crippen LogP contribution in [0.1, 0.15) is 23.3 Å². The van der Waals surface area contributed by atoms with Crippen molar-refractivity contribution in [1.29, 1.82) is 0 Å². The second kappa shape index (κ2) is 5.04. The van der Waals surface area contributed by atoms with E-state index in [9.17, 15) is 13.2 Å². The van der Waals surface area contributed by atoms with Crippen molar-refractivity contribution in [3.8, 4) is 5.75 Å². The zero-order valence-electron chi connectivity index (χ0n) is 10.6. The lowest BCUT2D eigenvalue weighted by Crippen LogP contribution is -2.20. The number of nitrogens with one attached hydrogen (secondary N) is 2. The van der Waals surface area contributed by atoms with Crippen LogP contribution in [-0.2, 0) is 10.0 Å². The number of carbonyl (C=O) groups excluding carboxylic acids is 1. The van der Waals surface area contributed by atoms with Crippen LogP contribution in [0.15, 0.2) is 12.3 Å². The first-order valence-electron chi connectivity index (χ1n) is 5.75.